The van der Waals surface area contributed by atoms with Crippen LogP contribution in [0.5, 0.6) is 0 Å². The molecule has 17 heavy (non-hydrogen) atoms. The van der Waals surface area contributed by atoms with Gasteiger partial charge in [0.05, 0.1) is 19.3 Å². The lowest BCUT2D eigenvalue weighted by molar-refractivity contribution is -0.917. The van der Waals surface area contributed by atoms with E-state index in [1.165, 1.54) is 0 Å². The highest BCUT2D eigenvalue weighted by Crippen LogP contribution is 2.22. The van der Waals surface area contributed by atoms with Crippen molar-refractivity contribution in [2.45, 2.75) is 0 Å². The fourth-order valence-corrected chi connectivity index (χ4v) is 2.05. The third kappa shape index (κ3) is 2.27. The van der Waals surface area contributed by atoms with E-state index in [-0.39, 0.29) is 24.8 Å². The van der Waals surface area contributed by atoms with Gasteiger partial charge in [0.2, 0.25) is 0 Å². The minimum atomic E-state index is 0. The molecule has 3 aliphatic heterocycles. The summed E-state index contributed by atoms with van der Waals surface area (Å²) in [5, 5.41) is 10.0. The lowest BCUT2D eigenvalue weighted by atomic mass is 10.4. The predicted molar refractivity (Wildman–Crippen MR) is 72.8 cm³/mol. The molecule has 8 heteroatoms. The quantitative estimate of drug-likeness (QED) is 0.705. The number of aliphatic imine (C=N–C) groups is 2. The molecule has 3 aliphatic rings. The fourth-order valence-electron chi connectivity index (χ4n) is 2.05. The van der Waals surface area contributed by atoms with Crippen LogP contribution in [0.3, 0.4) is 0 Å². The Kier molecular flexibility index (Phi) is 4.79. The van der Waals surface area contributed by atoms with Crippen LogP contribution < -0.4 is 5.32 Å². The normalized spacial score (nSPS) is 30.2. The van der Waals surface area contributed by atoms with Crippen molar-refractivity contribution in [3.05, 3.63) is 12.4 Å². The molecule has 0 amide bonds. The molecule has 0 aliphatic carbocycles. The first-order valence-corrected chi connectivity index (χ1v) is 5.10. The van der Waals surface area contributed by atoms with Crippen molar-refractivity contribution in [3.63, 3.8) is 0 Å². The van der Waals surface area contributed by atoms with Crippen LogP contribution in [0.4, 0.5) is 0 Å². The lowest BCUT2D eigenvalue weighted by Crippen LogP contribution is -2.61. The predicted octanol–water partition coefficient (Wildman–Crippen LogP) is 0.378. The zero-order valence-electron chi connectivity index (χ0n) is 9.19. The molecule has 0 aromatic rings. The van der Waals surface area contributed by atoms with Crippen molar-refractivity contribution in [2.24, 2.45) is 15.1 Å². The van der Waals surface area contributed by atoms with Crippen molar-refractivity contribution >= 4 is 43.2 Å². The van der Waals surface area contributed by atoms with E-state index in [0.717, 1.165) is 32.0 Å². The second-order valence-corrected chi connectivity index (χ2v) is 3.65. The number of amidine groups is 1. The topological polar surface area (TPSA) is 52.3 Å². The molecule has 1 N–H and O–H groups in total. The molecular formula is C9H15Cl2N6+. The molecule has 94 valence electrons. The van der Waals surface area contributed by atoms with Gasteiger partial charge < -0.3 is 5.32 Å². The Bertz CT molecular complexity index is 385. The summed E-state index contributed by atoms with van der Waals surface area (Å²) in [4.78, 5) is 8.33. The van der Waals surface area contributed by atoms with E-state index in [4.69, 9.17) is 0 Å². The number of rotatable bonds is 1. The van der Waals surface area contributed by atoms with Crippen molar-refractivity contribution < 1.29 is 4.70 Å². The molecule has 0 aromatic heterocycles. The molecule has 0 spiro atoms. The fraction of sp³-hybridized carbons (Fsp3) is 0.444. The van der Waals surface area contributed by atoms with Gasteiger partial charge in [0, 0.05) is 13.1 Å². The van der Waals surface area contributed by atoms with E-state index in [1.807, 2.05) is 6.20 Å². The summed E-state index contributed by atoms with van der Waals surface area (Å²) in [5.74, 6) is 0.874. The minimum absolute atomic E-state index is 0. The average molecular weight is 278 g/mol. The summed E-state index contributed by atoms with van der Waals surface area (Å²) < 4.78 is 0.366. The summed E-state index contributed by atoms with van der Waals surface area (Å²) in [6.07, 6.45) is 7.13. The summed E-state index contributed by atoms with van der Waals surface area (Å²) >= 11 is 0. The Balaban J connectivity index is 0.000000722. The Morgan fingerprint density at radius 2 is 2.00 bits per heavy atom. The van der Waals surface area contributed by atoms with Gasteiger partial charge in [-0.2, -0.15) is 4.99 Å². The van der Waals surface area contributed by atoms with E-state index in [0.29, 0.717) is 4.70 Å². The van der Waals surface area contributed by atoms with Crippen molar-refractivity contribution in [1.29, 1.82) is 0 Å². The first-order valence-electron chi connectivity index (χ1n) is 5.10. The third-order valence-corrected chi connectivity index (χ3v) is 2.83. The van der Waals surface area contributed by atoms with Gasteiger partial charge in [-0.1, -0.05) is 0 Å². The average Bonchev–Trinajstić information content (AvgIpc) is 2.75. The van der Waals surface area contributed by atoms with E-state index in [1.54, 1.807) is 18.8 Å². The molecular weight excluding hydrogens is 263 g/mol. The maximum Gasteiger partial charge on any atom is 0.299 e. The van der Waals surface area contributed by atoms with Crippen LogP contribution in [0, 0.1) is 0 Å². The highest BCUT2D eigenvalue weighted by atomic mass is 35.5. The van der Waals surface area contributed by atoms with Gasteiger partial charge in [0.1, 0.15) is 6.21 Å². The summed E-state index contributed by atoms with van der Waals surface area (Å²) in [5.41, 5.74) is 0. The first-order chi connectivity index (χ1) is 7.42. The Hall–Kier alpha value is -0.790. The molecule has 1 saturated heterocycles. The highest BCUT2D eigenvalue weighted by molar-refractivity contribution is 6.28. The van der Waals surface area contributed by atoms with Crippen LogP contribution in [0.25, 0.3) is 0 Å². The van der Waals surface area contributed by atoms with E-state index >= 15 is 0 Å². The van der Waals surface area contributed by atoms with Gasteiger partial charge in [-0.15, -0.1) is 29.8 Å². The number of nitrogens with zero attached hydrogens (tertiary/aromatic N) is 5. The molecule has 0 aromatic carbocycles. The molecule has 3 rings (SSSR count). The molecule has 1 unspecified atom stereocenters. The van der Waals surface area contributed by atoms with E-state index in [9.17, 15) is 0 Å². The van der Waals surface area contributed by atoms with Gasteiger partial charge >= 0.3 is 0 Å². The third-order valence-electron chi connectivity index (χ3n) is 2.83. The van der Waals surface area contributed by atoms with Crippen LogP contribution in [-0.2, 0) is 0 Å². The van der Waals surface area contributed by atoms with Crippen molar-refractivity contribution in [1.82, 2.24) is 10.3 Å². The molecule has 6 nitrogen and oxygen atoms in total. The zero-order chi connectivity index (χ0) is 10.1. The number of hydrogen-bond donors (Lipinski definition) is 1. The van der Waals surface area contributed by atoms with Gasteiger partial charge in [0.25, 0.3) is 5.84 Å². The first kappa shape index (κ1) is 14.3. The number of hydrogen-bond acceptors (Lipinski definition) is 5. The van der Waals surface area contributed by atoms with Crippen LogP contribution in [-0.4, -0.2) is 54.3 Å². The number of quaternary nitrogens is 1. The summed E-state index contributed by atoms with van der Waals surface area (Å²) in [7, 11) is 0. The smallest absolute Gasteiger partial charge is 0.299 e. The zero-order valence-corrected chi connectivity index (χ0v) is 10.8. The largest absolute Gasteiger partial charge is 0.314 e. The SMILES string of the molecule is C1=C[N+]2(N3CCNCC3)N=CN=C2C=N1.Cl.Cl. The number of fused-ring (bicyclic) bond motifs is 1. The summed E-state index contributed by atoms with van der Waals surface area (Å²) in [6.45, 7) is 3.92. The number of halogens is 2. The van der Waals surface area contributed by atoms with E-state index < -0.39 is 0 Å². The Morgan fingerprint density at radius 3 is 2.76 bits per heavy atom. The maximum absolute atomic E-state index is 4.44. The van der Waals surface area contributed by atoms with Crippen molar-refractivity contribution in [2.75, 3.05) is 26.2 Å². The molecule has 0 bridgehead atoms. The van der Waals surface area contributed by atoms with Gasteiger partial charge in [-0.05, 0) is 9.80 Å². The van der Waals surface area contributed by atoms with E-state index in [2.05, 4.69) is 25.4 Å². The monoisotopic (exact) mass is 277 g/mol. The van der Waals surface area contributed by atoms with Crippen LogP contribution in [0.2, 0.25) is 0 Å². The Morgan fingerprint density at radius 1 is 1.24 bits per heavy atom. The van der Waals surface area contributed by atoms with Gasteiger partial charge in [-0.25, -0.2) is 0 Å². The molecule has 3 heterocycles. The standard InChI is InChI=1S/C9H13N6.2ClH/c1-4-14(5-2-10-1)15-6-3-11-7-9(15)12-8-13-15;;/h3,6-8,10H,1-2,4-5H2;2*1H/q+1;;. The second-order valence-electron chi connectivity index (χ2n) is 3.65. The Labute approximate surface area is 112 Å². The van der Waals surface area contributed by atoms with Crippen LogP contribution in [0.15, 0.2) is 27.5 Å². The highest BCUT2D eigenvalue weighted by Gasteiger charge is 2.44. The number of piperazine rings is 1. The lowest BCUT2D eigenvalue weighted by Gasteiger charge is -2.37. The van der Waals surface area contributed by atoms with Crippen LogP contribution in [0.1, 0.15) is 0 Å². The van der Waals surface area contributed by atoms with Crippen LogP contribution >= 0.6 is 24.8 Å². The van der Waals surface area contributed by atoms with Gasteiger partial charge in [0.15, 0.2) is 12.5 Å². The second kappa shape index (κ2) is 5.70. The summed E-state index contributed by atoms with van der Waals surface area (Å²) in [6, 6.07) is 0. The number of nitrogens with one attached hydrogen (secondary N) is 1. The molecule has 0 radical (unpaired) electrons. The van der Waals surface area contributed by atoms with Crippen molar-refractivity contribution in [3.8, 4) is 0 Å². The molecule has 0 saturated carbocycles. The molecule has 1 atom stereocenters. The minimum Gasteiger partial charge on any atom is -0.314 e. The maximum atomic E-state index is 4.44. The molecule has 1 fully saturated rings. The van der Waals surface area contributed by atoms with Gasteiger partial charge in [-0.3, -0.25) is 4.99 Å².